The summed E-state index contributed by atoms with van der Waals surface area (Å²) in [5.74, 6) is 0. The van der Waals surface area contributed by atoms with Crippen LogP contribution in [0.3, 0.4) is 0 Å². The minimum Gasteiger partial charge on any atom is -0.314 e. The fraction of sp³-hybridized carbons (Fsp3) is 0.385. The van der Waals surface area contributed by atoms with Crippen molar-refractivity contribution >= 4 is 27.5 Å². The Bertz CT molecular complexity index is 402. The maximum absolute atomic E-state index is 5.97. The van der Waals surface area contributed by atoms with E-state index in [0.717, 1.165) is 35.7 Å². The van der Waals surface area contributed by atoms with Crippen molar-refractivity contribution in [2.45, 2.75) is 6.04 Å². The summed E-state index contributed by atoms with van der Waals surface area (Å²) in [4.78, 5) is 2.43. The zero-order chi connectivity index (χ0) is 12.3. The number of halogens is 2. The van der Waals surface area contributed by atoms with E-state index in [1.807, 2.05) is 18.2 Å². The summed E-state index contributed by atoms with van der Waals surface area (Å²) < 4.78 is 1.05. The van der Waals surface area contributed by atoms with Gasteiger partial charge in [-0.1, -0.05) is 39.7 Å². The quantitative estimate of drug-likeness (QED) is 0.862. The van der Waals surface area contributed by atoms with Gasteiger partial charge in [-0.05, 0) is 17.7 Å². The molecule has 0 unspecified atom stereocenters. The highest BCUT2D eigenvalue weighted by Gasteiger charge is 2.21. The van der Waals surface area contributed by atoms with Crippen molar-refractivity contribution in [3.8, 4) is 0 Å². The first kappa shape index (κ1) is 13.1. The lowest BCUT2D eigenvalue weighted by Crippen LogP contribution is -2.44. The second kappa shape index (κ2) is 6.01. The van der Waals surface area contributed by atoms with E-state index in [-0.39, 0.29) is 6.04 Å². The molecule has 1 N–H and O–H groups in total. The molecule has 1 aliphatic rings. The molecule has 1 atom stereocenters. The lowest BCUT2D eigenvalue weighted by Gasteiger charge is -2.33. The average Bonchev–Trinajstić information content (AvgIpc) is 2.34. The van der Waals surface area contributed by atoms with Gasteiger partial charge in [0.1, 0.15) is 0 Å². The van der Waals surface area contributed by atoms with Crippen molar-refractivity contribution in [2.75, 3.05) is 26.2 Å². The van der Waals surface area contributed by atoms with Crippen molar-refractivity contribution in [2.24, 2.45) is 0 Å². The smallest absolute Gasteiger partial charge is 0.0541 e. The molecule has 0 aromatic heterocycles. The summed E-state index contributed by atoms with van der Waals surface area (Å²) in [7, 11) is 0. The number of nitrogens with one attached hydrogen (secondary N) is 1. The van der Waals surface area contributed by atoms with E-state index in [2.05, 4.69) is 38.8 Å². The first-order valence-electron chi connectivity index (χ1n) is 5.74. The highest BCUT2D eigenvalue weighted by atomic mass is 79.9. The number of nitrogens with zero attached hydrogens (tertiary/aromatic N) is 1. The predicted molar refractivity (Wildman–Crippen MR) is 76.5 cm³/mol. The molecule has 0 amide bonds. The lowest BCUT2D eigenvalue weighted by atomic mass is 10.0. The molecule has 1 fully saturated rings. The third-order valence-electron chi connectivity index (χ3n) is 3.05. The third-order valence-corrected chi connectivity index (χ3v) is 3.97. The fourth-order valence-electron chi connectivity index (χ4n) is 2.17. The van der Waals surface area contributed by atoms with Gasteiger partial charge in [-0.15, -0.1) is 6.58 Å². The minimum atomic E-state index is 0.253. The predicted octanol–water partition coefficient (Wildman–Crippen LogP) is 3.23. The summed E-state index contributed by atoms with van der Waals surface area (Å²) in [6.07, 6.45) is 2.00. The Morgan fingerprint density at radius 2 is 2.12 bits per heavy atom. The second-order valence-corrected chi connectivity index (χ2v) is 5.42. The molecule has 2 nitrogen and oxygen atoms in total. The van der Waals surface area contributed by atoms with Crippen LogP contribution in [0.2, 0.25) is 5.02 Å². The minimum absolute atomic E-state index is 0.253. The standard InChI is InChI=1S/C13H16BrClN2/c1-2-13(17-7-5-16-6-8-17)11-4-3-10(15)9-12(11)14/h2-4,9,13,16H,1,5-8H2/t13-/m0/s1. The van der Waals surface area contributed by atoms with Crippen LogP contribution in [0.1, 0.15) is 11.6 Å². The van der Waals surface area contributed by atoms with Crippen molar-refractivity contribution < 1.29 is 0 Å². The van der Waals surface area contributed by atoms with E-state index in [1.54, 1.807) is 0 Å². The highest BCUT2D eigenvalue weighted by molar-refractivity contribution is 9.10. The Morgan fingerprint density at radius 1 is 1.41 bits per heavy atom. The van der Waals surface area contributed by atoms with Crippen LogP contribution in [0.15, 0.2) is 35.3 Å². The molecule has 92 valence electrons. The van der Waals surface area contributed by atoms with Gasteiger partial charge < -0.3 is 5.32 Å². The first-order chi connectivity index (χ1) is 8.22. The molecule has 0 bridgehead atoms. The van der Waals surface area contributed by atoms with Gasteiger partial charge in [0.15, 0.2) is 0 Å². The molecular formula is C13H16BrClN2. The molecule has 1 saturated heterocycles. The Labute approximate surface area is 116 Å². The van der Waals surface area contributed by atoms with E-state index in [9.17, 15) is 0 Å². The molecule has 0 aliphatic carbocycles. The molecule has 1 aromatic carbocycles. The number of piperazine rings is 1. The van der Waals surface area contributed by atoms with Gasteiger partial charge in [0.2, 0.25) is 0 Å². The van der Waals surface area contributed by atoms with Gasteiger partial charge >= 0.3 is 0 Å². The van der Waals surface area contributed by atoms with Gasteiger partial charge in [-0.2, -0.15) is 0 Å². The SMILES string of the molecule is C=C[C@@H](c1ccc(Cl)cc1Br)N1CCNCC1. The van der Waals surface area contributed by atoms with Crippen LogP contribution in [0.4, 0.5) is 0 Å². The first-order valence-corrected chi connectivity index (χ1v) is 6.91. The zero-order valence-corrected chi connectivity index (χ0v) is 12.0. The Kier molecular flexibility index (Phi) is 4.62. The molecule has 2 rings (SSSR count). The van der Waals surface area contributed by atoms with Gasteiger partial charge in [0.25, 0.3) is 0 Å². The molecule has 0 saturated carbocycles. The van der Waals surface area contributed by atoms with Crippen molar-refractivity contribution in [3.63, 3.8) is 0 Å². The van der Waals surface area contributed by atoms with Crippen molar-refractivity contribution in [1.29, 1.82) is 0 Å². The fourth-order valence-corrected chi connectivity index (χ4v) is 3.09. The average molecular weight is 316 g/mol. The van der Waals surface area contributed by atoms with Crippen LogP contribution < -0.4 is 5.32 Å². The monoisotopic (exact) mass is 314 g/mol. The number of hydrogen-bond acceptors (Lipinski definition) is 2. The number of benzene rings is 1. The van der Waals surface area contributed by atoms with Gasteiger partial charge in [-0.25, -0.2) is 0 Å². The third kappa shape index (κ3) is 3.10. The molecule has 1 aromatic rings. The van der Waals surface area contributed by atoms with Crippen LogP contribution in [-0.4, -0.2) is 31.1 Å². The van der Waals surface area contributed by atoms with Crippen LogP contribution in [-0.2, 0) is 0 Å². The van der Waals surface area contributed by atoms with E-state index >= 15 is 0 Å². The number of rotatable bonds is 3. The molecular weight excluding hydrogens is 300 g/mol. The maximum atomic E-state index is 5.97. The Morgan fingerprint density at radius 3 is 2.71 bits per heavy atom. The Balaban J connectivity index is 2.24. The topological polar surface area (TPSA) is 15.3 Å². The summed E-state index contributed by atoms with van der Waals surface area (Å²) in [5.41, 5.74) is 1.23. The van der Waals surface area contributed by atoms with Gasteiger partial charge in [0.05, 0.1) is 6.04 Å². The van der Waals surface area contributed by atoms with Crippen LogP contribution in [0.5, 0.6) is 0 Å². The number of hydrogen-bond donors (Lipinski definition) is 1. The molecule has 0 spiro atoms. The summed E-state index contributed by atoms with van der Waals surface area (Å²) in [6, 6.07) is 6.19. The van der Waals surface area contributed by atoms with E-state index < -0.39 is 0 Å². The van der Waals surface area contributed by atoms with Gasteiger partial charge in [0, 0.05) is 35.7 Å². The normalized spacial score (nSPS) is 18.9. The second-order valence-electron chi connectivity index (χ2n) is 4.13. The molecule has 4 heteroatoms. The highest BCUT2D eigenvalue weighted by Crippen LogP contribution is 2.31. The van der Waals surface area contributed by atoms with Gasteiger partial charge in [-0.3, -0.25) is 4.90 Å². The summed E-state index contributed by atoms with van der Waals surface area (Å²) in [6.45, 7) is 8.13. The van der Waals surface area contributed by atoms with E-state index in [4.69, 9.17) is 11.6 Å². The Hall–Kier alpha value is -0.350. The lowest BCUT2D eigenvalue weighted by molar-refractivity contribution is 0.203. The largest absolute Gasteiger partial charge is 0.314 e. The zero-order valence-electron chi connectivity index (χ0n) is 9.63. The molecule has 17 heavy (non-hydrogen) atoms. The van der Waals surface area contributed by atoms with E-state index in [1.165, 1.54) is 5.56 Å². The molecule has 1 aliphatic heterocycles. The van der Waals surface area contributed by atoms with Crippen LogP contribution >= 0.6 is 27.5 Å². The molecule has 1 heterocycles. The van der Waals surface area contributed by atoms with Crippen molar-refractivity contribution in [1.82, 2.24) is 10.2 Å². The van der Waals surface area contributed by atoms with Crippen molar-refractivity contribution in [3.05, 3.63) is 45.9 Å². The van der Waals surface area contributed by atoms with E-state index in [0.29, 0.717) is 0 Å². The molecule has 0 radical (unpaired) electrons. The van der Waals surface area contributed by atoms with Crippen LogP contribution in [0.25, 0.3) is 0 Å². The maximum Gasteiger partial charge on any atom is 0.0541 e. The summed E-state index contributed by atoms with van der Waals surface area (Å²) in [5, 5.41) is 4.11. The van der Waals surface area contributed by atoms with Crippen LogP contribution in [0, 0.1) is 0 Å². The summed E-state index contributed by atoms with van der Waals surface area (Å²) >= 11 is 9.55.